The highest BCUT2D eigenvalue weighted by atomic mass is 35.5. The van der Waals surface area contributed by atoms with E-state index in [2.05, 4.69) is 62.8 Å². The molecule has 2 aromatic carbocycles. The van der Waals surface area contributed by atoms with E-state index in [9.17, 15) is 4.79 Å². The molecule has 8 heteroatoms. The average Bonchev–Trinajstić information content (AvgIpc) is 3.41. The van der Waals surface area contributed by atoms with Gasteiger partial charge in [0.15, 0.2) is 0 Å². The summed E-state index contributed by atoms with van der Waals surface area (Å²) in [5.74, 6) is 1.54. The Hall–Kier alpha value is -5.04. The van der Waals surface area contributed by atoms with E-state index in [0.29, 0.717) is 41.4 Å². The number of pyridine rings is 1. The fraction of sp³-hybridized carbons (Fsp3) is 0.306. The van der Waals surface area contributed by atoms with Crippen molar-refractivity contribution in [1.82, 2.24) is 10.3 Å². The molecule has 1 unspecified atom stereocenters. The van der Waals surface area contributed by atoms with Crippen LogP contribution in [0.2, 0.25) is 0 Å². The first kappa shape index (κ1) is 43.1. The second-order valence-electron chi connectivity index (χ2n) is 15.7. The van der Waals surface area contributed by atoms with Crippen LogP contribution in [0.5, 0.6) is 5.75 Å². The number of rotatable bonds is 16. The molecule has 0 radical (unpaired) electrons. The molecule has 2 aliphatic carbocycles. The summed E-state index contributed by atoms with van der Waals surface area (Å²) in [5.41, 5.74) is 7.56. The Morgan fingerprint density at radius 2 is 1.75 bits per heavy atom. The Bertz CT molecular complexity index is 2150. The van der Waals surface area contributed by atoms with E-state index in [4.69, 9.17) is 42.4 Å². The van der Waals surface area contributed by atoms with Gasteiger partial charge < -0.3 is 19.5 Å². The molecule has 6 nitrogen and oxygen atoms in total. The first-order valence-electron chi connectivity index (χ1n) is 19.4. The van der Waals surface area contributed by atoms with Crippen LogP contribution in [0.4, 0.5) is 4.79 Å². The molecule has 1 amide bonds. The lowest BCUT2D eigenvalue weighted by Gasteiger charge is -2.37. The zero-order valence-corrected chi connectivity index (χ0v) is 35.4. The Kier molecular flexibility index (Phi) is 14.3. The molecule has 3 aromatic rings. The van der Waals surface area contributed by atoms with Crippen LogP contribution < -0.4 is 10.1 Å². The average molecular weight is 806 g/mol. The minimum atomic E-state index is -0.609. The molecule has 0 saturated heterocycles. The van der Waals surface area contributed by atoms with Gasteiger partial charge in [-0.3, -0.25) is 4.98 Å². The van der Waals surface area contributed by atoms with Crippen molar-refractivity contribution >= 4 is 46.7 Å². The number of alkyl carbamates (subject to hydrolysis) is 1. The van der Waals surface area contributed by atoms with Crippen molar-refractivity contribution in [2.45, 2.75) is 84.3 Å². The molecule has 298 valence electrons. The van der Waals surface area contributed by atoms with Crippen molar-refractivity contribution in [3.05, 3.63) is 172 Å². The number of aromatic nitrogens is 1. The molecule has 1 N–H and O–H groups in total. The summed E-state index contributed by atoms with van der Waals surface area (Å²) >= 11 is 13.1. The minimum Gasteiger partial charge on any atom is -0.497 e. The summed E-state index contributed by atoms with van der Waals surface area (Å²) in [6.45, 7) is 24.8. The van der Waals surface area contributed by atoms with Gasteiger partial charge in [0.1, 0.15) is 27.9 Å². The number of fused-ring (bicyclic) bond motifs is 1. The largest absolute Gasteiger partial charge is 0.497 e. The lowest BCUT2D eigenvalue weighted by molar-refractivity contribution is 0.0435. The van der Waals surface area contributed by atoms with E-state index >= 15 is 0 Å². The molecule has 2 aliphatic rings. The summed E-state index contributed by atoms with van der Waals surface area (Å²) in [7, 11) is 1.65. The van der Waals surface area contributed by atoms with Gasteiger partial charge in [0, 0.05) is 5.56 Å². The number of nitrogens with one attached hydrogen (secondary N) is 1. The van der Waals surface area contributed by atoms with Crippen molar-refractivity contribution in [1.29, 1.82) is 0 Å². The third-order valence-corrected chi connectivity index (χ3v) is 11.1. The summed E-state index contributed by atoms with van der Waals surface area (Å²) in [6, 6.07) is 20.1. The number of halogens is 2. The van der Waals surface area contributed by atoms with Crippen LogP contribution in [-0.4, -0.2) is 23.8 Å². The summed E-state index contributed by atoms with van der Waals surface area (Å²) in [5, 5.41) is 3.87. The number of methoxy groups -OCH3 is 1. The molecule has 57 heavy (non-hydrogen) atoms. The fourth-order valence-corrected chi connectivity index (χ4v) is 7.92. The molecule has 0 saturated carbocycles. The van der Waals surface area contributed by atoms with Gasteiger partial charge in [0.2, 0.25) is 0 Å². The molecule has 2 atom stereocenters. The summed E-state index contributed by atoms with van der Waals surface area (Å²) in [4.78, 5) is 18.5. The van der Waals surface area contributed by atoms with Crippen LogP contribution >= 0.6 is 23.2 Å². The normalized spacial score (nSPS) is 18.0. The quantitative estimate of drug-likeness (QED) is 0.115. The number of benzene rings is 2. The Morgan fingerprint density at radius 3 is 2.44 bits per heavy atom. The number of hydrogen-bond donors (Lipinski definition) is 1. The van der Waals surface area contributed by atoms with E-state index in [1.807, 2.05) is 69.3 Å². The first-order valence-corrected chi connectivity index (χ1v) is 20.1. The van der Waals surface area contributed by atoms with Crippen LogP contribution in [-0.2, 0) is 22.3 Å². The maximum absolute atomic E-state index is 13.2. The van der Waals surface area contributed by atoms with Gasteiger partial charge >= 0.3 is 6.09 Å². The number of hydrogen-bond acceptors (Lipinski definition) is 5. The van der Waals surface area contributed by atoms with Crippen molar-refractivity contribution in [3.63, 3.8) is 0 Å². The summed E-state index contributed by atoms with van der Waals surface area (Å²) in [6.07, 6.45) is 14.2. The molecule has 0 bridgehead atoms. The number of ether oxygens (including phenoxy) is 3. The number of amides is 1. The fourth-order valence-electron chi connectivity index (χ4n) is 7.53. The zero-order chi connectivity index (χ0) is 41.3. The maximum atomic E-state index is 13.2. The van der Waals surface area contributed by atoms with Gasteiger partial charge in [-0.25, -0.2) is 4.79 Å². The molecule has 0 aliphatic heterocycles. The predicted octanol–water partition coefficient (Wildman–Crippen LogP) is 13.4. The third kappa shape index (κ3) is 11.1. The van der Waals surface area contributed by atoms with Crippen LogP contribution in [0.1, 0.15) is 99.5 Å². The van der Waals surface area contributed by atoms with E-state index in [1.165, 1.54) is 5.56 Å². The van der Waals surface area contributed by atoms with Crippen molar-refractivity contribution in [3.8, 4) is 5.75 Å². The first-order chi connectivity index (χ1) is 27.1. The molecular weight excluding hydrogens is 751 g/mol. The van der Waals surface area contributed by atoms with E-state index in [0.717, 1.165) is 70.7 Å². The number of carbonyl (C=O) groups is 1. The van der Waals surface area contributed by atoms with Crippen molar-refractivity contribution in [2.75, 3.05) is 7.11 Å². The third-order valence-electron chi connectivity index (χ3n) is 10.3. The number of aryl methyl sites for hydroxylation is 1. The second-order valence-corrected chi connectivity index (χ2v) is 16.4. The number of carbonyl (C=O) groups excluding carboxylic acids is 1. The standard InChI is InChI=1S/C49H54Cl2N2O4/c1-10-27-49(31-37-14-12-13-15-40(37)46(49)53-47(54)57-48(6,7)8)28-26-33(4)42-24-22-39(34(5)56-44-25-16-32(3)29-41(50)45(44)51)43(52-42)23-19-35(11-2)30-36-17-20-38(55-9)21-18-36/h11-18,20-22,24-25,29-30,46H,2-5,10,19,23,26-28,31H2,1,6-9H3,(H,53,54)/t46-,49?/m1/s1. The zero-order valence-electron chi connectivity index (χ0n) is 33.9. The Morgan fingerprint density at radius 1 is 1.02 bits per heavy atom. The minimum absolute atomic E-state index is 0.197. The SMILES string of the molecule is C=CC(=Cc1ccc(OC)cc1)CCc1nc(C(=C)CCC2(CCC)Cc3ccccc3[C@H]2NC(=O)OC(C)(C)C)ccc1C(=C)OC1=C(Cl)C(Cl)=CC(=C)C=C1. The summed E-state index contributed by atoms with van der Waals surface area (Å²) < 4.78 is 17.4. The van der Waals surface area contributed by atoms with Gasteiger partial charge in [-0.1, -0.05) is 117 Å². The van der Waals surface area contributed by atoms with Gasteiger partial charge in [-0.05, 0) is 135 Å². The molecule has 0 fully saturated rings. The van der Waals surface area contributed by atoms with Crippen molar-refractivity contribution < 1.29 is 19.0 Å². The lowest BCUT2D eigenvalue weighted by atomic mass is 9.72. The van der Waals surface area contributed by atoms with E-state index in [-0.39, 0.29) is 16.5 Å². The highest BCUT2D eigenvalue weighted by Gasteiger charge is 2.46. The maximum Gasteiger partial charge on any atom is 0.408 e. The van der Waals surface area contributed by atoms with Crippen LogP contribution in [0.25, 0.3) is 17.4 Å². The lowest BCUT2D eigenvalue weighted by Crippen LogP contribution is -2.41. The van der Waals surface area contributed by atoms with Gasteiger partial charge in [-0.2, -0.15) is 0 Å². The van der Waals surface area contributed by atoms with Gasteiger partial charge in [0.25, 0.3) is 0 Å². The highest BCUT2D eigenvalue weighted by molar-refractivity contribution is 6.44. The Labute approximate surface area is 349 Å². The number of allylic oxidation sites excluding steroid dienone is 9. The monoisotopic (exact) mass is 804 g/mol. The smallest absolute Gasteiger partial charge is 0.408 e. The van der Waals surface area contributed by atoms with Crippen LogP contribution in [0.3, 0.4) is 0 Å². The second kappa shape index (κ2) is 18.9. The van der Waals surface area contributed by atoms with Crippen LogP contribution in [0.15, 0.2) is 138 Å². The van der Waals surface area contributed by atoms with E-state index in [1.54, 1.807) is 25.3 Å². The van der Waals surface area contributed by atoms with E-state index < -0.39 is 11.7 Å². The molecule has 0 spiro atoms. The molecule has 5 rings (SSSR count). The molecular formula is C49H54Cl2N2O4. The molecule has 1 heterocycles. The van der Waals surface area contributed by atoms with Gasteiger partial charge in [-0.15, -0.1) is 0 Å². The van der Waals surface area contributed by atoms with Crippen molar-refractivity contribution in [2.24, 2.45) is 5.41 Å². The predicted molar refractivity (Wildman–Crippen MR) is 237 cm³/mol. The topological polar surface area (TPSA) is 69.7 Å². The highest BCUT2D eigenvalue weighted by Crippen LogP contribution is 2.52. The van der Waals surface area contributed by atoms with Gasteiger partial charge in [0.05, 0.1) is 29.6 Å². The Balaban J connectivity index is 1.44. The molecule has 1 aromatic heterocycles. The number of nitrogens with zero attached hydrogens (tertiary/aromatic N) is 1. The van der Waals surface area contributed by atoms with Crippen LogP contribution in [0, 0.1) is 5.41 Å².